The molecule has 0 atom stereocenters. The normalized spacial score (nSPS) is 14.8. The summed E-state index contributed by atoms with van der Waals surface area (Å²) in [4.78, 5) is 5.26. The molecule has 0 unspecified atom stereocenters. The van der Waals surface area contributed by atoms with E-state index in [1.807, 2.05) is 24.3 Å². The topological polar surface area (TPSA) is 31.7 Å². The van der Waals surface area contributed by atoms with E-state index in [4.69, 9.17) is 23.8 Å². The highest BCUT2D eigenvalue weighted by Gasteiger charge is 2.16. The van der Waals surface area contributed by atoms with E-state index < -0.39 is 0 Å². The smallest absolute Gasteiger partial charge is 0.170 e. The monoisotopic (exact) mass is 421 g/mol. The Morgan fingerprint density at radius 1 is 1.11 bits per heavy atom. The summed E-state index contributed by atoms with van der Waals surface area (Å²) in [6.45, 7) is 5.43. The highest BCUT2D eigenvalue weighted by Crippen LogP contribution is 2.20. The minimum Gasteiger partial charge on any atom is -0.362 e. The van der Waals surface area contributed by atoms with Crippen LogP contribution in [0, 0.1) is 0 Å². The summed E-state index contributed by atoms with van der Waals surface area (Å²) in [5, 5.41) is 7.93. The van der Waals surface area contributed by atoms with Crippen molar-refractivity contribution in [2.75, 3.05) is 55.7 Å². The van der Waals surface area contributed by atoms with Gasteiger partial charge in [-0.1, -0.05) is 11.6 Å². The molecule has 27 heavy (non-hydrogen) atoms. The van der Waals surface area contributed by atoms with Crippen LogP contribution < -0.4 is 20.4 Å². The molecule has 0 aliphatic carbocycles. The minimum absolute atomic E-state index is 0.655. The van der Waals surface area contributed by atoms with Gasteiger partial charge in [-0.2, -0.15) is 0 Å². The molecule has 4 nitrogen and oxygen atoms in total. The van der Waals surface area contributed by atoms with Crippen molar-refractivity contribution < 1.29 is 4.90 Å². The van der Waals surface area contributed by atoms with E-state index in [9.17, 15) is 0 Å². The van der Waals surface area contributed by atoms with Crippen LogP contribution >= 0.6 is 35.6 Å². The minimum atomic E-state index is 0.655. The molecule has 1 aliphatic rings. The molecule has 0 amide bonds. The number of hydrogen-bond donors (Lipinski definition) is 3. The van der Waals surface area contributed by atoms with Gasteiger partial charge in [0.25, 0.3) is 0 Å². The van der Waals surface area contributed by atoms with Gasteiger partial charge in [-0.15, -0.1) is 11.8 Å². The number of thioether (sulfide) groups is 1. The third-order valence-corrected chi connectivity index (χ3v) is 6.09. The SMILES string of the molecule is C[NH+]1CCN(c2ccc(NC(=S)NCCSc3ccc(Cl)cc3)cc2)CC1. The summed E-state index contributed by atoms with van der Waals surface area (Å²) in [6.07, 6.45) is 0. The van der Waals surface area contributed by atoms with Gasteiger partial charge in [0.05, 0.1) is 33.2 Å². The Balaban J connectivity index is 1.38. The molecule has 0 aromatic heterocycles. The number of nitrogens with zero attached hydrogens (tertiary/aromatic N) is 1. The number of benzene rings is 2. The van der Waals surface area contributed by atoms with Gasteiger partial charge in [-0.25, -0.2) is 0 Å². The van der Waals surface area contributed by atoms with E-state index >= 15 is 0 Å². The number of likely N-dealkylation sites (N-methyl/N-ethyl adjacent to an activating group) is 1. The highest BCUT2D eigenvalue weighted by atomic mass is 35.5. The summed E-state index contributed by atoms with van der Waals surface area (Å²) in [7, 11) is 2.26. The standard InChI is InChI=1S/C20H25ClN4S2/c1-24-11-13-25(14-12-24)18-6-4-17(5-7-18)23-20(26)22-10-15-27-19-8-2-16(21)3-9-19/h2-9H,10-15H2,1H3,(H2,22,23,26)/p+1. The molecule has 2 aromatic carbocycles. The Kier molecular flexibility index (Phi) is 7.64. The summed E-state index contributed by atoms with van der Waals surface area (Å²) in [5.74, 6) is 0.938. The van der Waals surface area contributed by atoms with Gasteiger partial charge in [0.2, 0.25) is 0 Å². The number of halogens is 1. The number of quaternary nitrogens is 1. The quantitative estimate of drug-likeness (QED) is 0.379. The van der Waals surface area contributed by atoms with Crippen LogP contribution in [0.2, 0.25) is 5.02 Å². The molecule has 1 saturated heterocycles. The van der Waals surface area contributed by atoms with E-state index in [-0.39, 0.29) is 0 Å². The largest absolute Gasteiger partial charge is 0.362 e. The molecular formula is C20H26ClN4S2+. The summed E-state index contributed by atoms with van der Waals surface area (Å²) < 4.78 is 0. The second-order valence-corrected chi connectivity index (χ2v) is 8.69. The molecular weight excluding hydrogens is 396 g/mol. The van der Waals surface area contributed by atoms with Crippen LogP contribution in [0.3, 0.4) is 0 Å². The van der Waals surface area contributed by atoms with Crippen molar-refractivity contribution in [2.45, 2.75) is 4.90 Å². The fraction of sp³-hybridized carbons (Fsp3) is 0.350. The third-order valence-electron chi connectivity index (χ3n) is 4.58. The van der Waals surface area contributed by atoms with Gasteiger partial charge < -0.3 is 20.4 Å². The maximum absolute atomic E-state index is 5.90. The molecule has 0 saturated carbocycles. The lowest BCUT2D eigenvalue weighted by Gasteiger charge is -2.31. The first-order valence-corrected chi connectivity index (χ1v) is 11.0. The van der Waals surface area contributed by atoms with Gasteiger partial charge in [0.15, 0.2) is 5.11 Å². The summed E-state index contributed by atoms with van der Waals surface area (Å²) >= 11 is 13.1. The molecule has 3 rings (SSSR count). The molecule has 0 bridgehead atoms. The molecule has 7 heteroatoms. The first kappa shape index (κ1) is 20.3. The van der Waals surface area contributed by atoms with E-state index in [2.05, 4.69) is 46.8 Å². The maximum atomic E-state index is 5.90. The molecule has 2 aromatic rings. The second kappa shape index (κ2) is 10.2. The number of rotatable bonds is 6. The van der Waals surface area contributed by atoms with Crippen molar-refractivity contribution in [3.63, 3.8) is 0 Å². The van der Waals surface area contributed by atoms with Crippen molar-refractivity contribution in [1.29, 1.82) is 0 Å². The van der Waals surface area contributed by atoms with Gasteiger partial charge in [-0.3, -0.25) is 0 Å². The molecule has 1 aliphatic heterocycles. The fourth-order valence-electron chi connectivity index (χ4n) is 2.94. The Morgan fingerprint density at radius 2 is 1.78 bits per heavy atom. The van der Waals surface area contributed by atoms with Gasteiger partial charge in [-0.05, 0) is 60.7 Å². The summed E-state index contributed by atoms with van der Waals surface area (Å²) in [6, 6.07) is 16.4. The van der Waals surface area contributed by atoms with Gasteiger partial charge in [0, 0.05) is 33.6 Å². The molecule has 3 N–H and O–H groups in total. The van der Waals surface area contributed by atoms with Crippen molar-refractivity contribution in [3.05, 3.63) is 53.6 Å². The Morgan fingerprint density at radius 3 is 2.44 bits per heavy atom. The van der Waals surface area contributed by atoms with Crippen LogP contribution in [0.1, 0.15) is 0 Å². The van der Waals surface area contributed by atoms with Crippen LogP contribution in [0.4, 0.5) is 11.4 Å². The van der Waals surface area contributed by atoms with Crippen LogP contribution in [0.15, 0.2) is 53.4 Å². The molecule has 0 spiro atoms. The highest BCUT2D eigenvalue weighted by molar-refractivity contribution is 7.99. The molecule has 0 radical (unpaired) electrons. The zero-order chi connectivity index (χ0) is 19.1. The van der Waals surface area contributed by atoms with Crippen molar-refractivity contribution in [2.24, 2.45) is 0 Å². The number of piperazine rings is 1. The number of hydrogen-bond acceptors (Lipinski definition) is 3. The predicted octanol–water partition coefficient (Wildman–Crippen LogP) is 2.75. The Hall–Kier alpha value is -1.47. The lowest BCUT2D eigenvalue weighted by molar-refractivity contribution is -0.880. The first-order chi connectivity index (χ1) is 13.1. The lowest BCUT2D eigenvalue weighted by Crippen LogP contribution is -3.12. The Labute approximate surface area is 176 Å². The number of nitrogens with one attached hydrogen (secondary N) is 3. The van der Waals surface area contributed by atoms with Gasteiger partial charge in [0.1, 0.15) is 0 Å². The average Bonchev–Trinajstić information content (AvgIpc) is 2.68. The first-order valence-electron chi connectivity index (χ1n) is 9.20. The van der Waals surface area contributed by atoms with Crippen LogP contribution in [0.5, 0.6) is 0 Å². The molecule has 1 fully saturated rings. The number of anilines is 2. The third kappa shape index (κ3) is 6.57. The van der Waals surface area contributed by atoms with E-state index in [0.717, 1.165) is 36.1 Å². The fourth-order valence-corrected chi connectivity index (χ4v) is 4.06. The zero-order valence-corrected chi connectivity index (χ0v) is 17.9. The molecule has 1 heterocycles. The van der Waals surface area contributed by atoms with Gasteiger partial charge >= 0.3 is 0 Å². The van der Waals surface area contributed by atoms with Crippen molar-refractivity contribution in [3.8, 4) is 0 Å². The lowest BCUT2D eigenvalue weighted by atomic mass is 10.2. The van der Waals surface area contributed by atoms with E-state index in [1.165, 1.54) is 23.7 Å². The number of thiocarbonyl (C=S) groups is 1. The maximum Gasteiger partial charge on any atom is 0.170 e. The molecule has 144 valence electrons. The van der Waals surface area contributed by atoms with Crippen molar-refractivity contribution >= 4 is 52.1 Å². The van der Waals surface area contributed by atoms with Crippen LogP contribution in [-0.2, 0) is 0 Å². The van der Waals surface area contributed by atoms with Crippen molar-refractivity contribution in [1.82, 2.24) is 5.32 Å². The van der Waals surface area contributed by atoms with Crippen LogP contribution in [-0.4, -0.2) is 50.6 Å². The van der Waals surface area contributed by atoms with E-state index in [1.54, 1.807) is 16.7 Å². The van der Waals surface area contributed by atoms with Crippen LogP contribution in [0.25, 0.3) is 0 Å². The summed E-state index contributed by atoms with van der Waals surface area (Å²) in [5.41, 5.74) is 2.30. The van der Waals surface area contributed by atoms with E-state index in [0.29, 0.717) is 5.11 Å². The average molecular weight is 422 g/mol. The zero-order valence-electron chi connectivity index (χ0n) is 15.5. The second-order valence-electron chi connectivity index (χ2n) is 6.67. The predicted molar refractivity (Wildman–Crippen MR) is 122 cm³/mol. The Bertz CT molecular complexity index is 729.